The van der Waals surface area contributed by atoms with Gasteiger partial charge < -0.3 is 14.2 Å². The van der Waals surface area contributed by atoms with E-state index in [1.165, 1.54) is 0 Å². The number of aromatic nitrogens is 4. The molecule has 0 radical (unpaired) electrons. The fourth-order valence-corrected chi connectivity index (χ4v) is 2.87. The number of H-pyrrole nitrogens is 1. The average Bonchev–Trinajstić information content (AvgIpc) is 3.20. The third-order valence-electron chi connectivity index (χ3n) is 2.93. The summed E-state index contributed by atoms with van der Waals surface area (Å²) in [5.74, 6) is 1.23. The molecule has 2 aromatic rings. The molecule has 8 nitrogen and oxygen atoms in total. The highest BCUT2D eigenvalue weighted by molar-refractivity contribution is 6.76. The lowest BCUT2D eigenvalue weighted by Gasteiger charge is -2.18. The lowest BCUT2D eigenvalue weighted by molar-refractivity contribution is 0.0512. The fourth-order valence-electron chi connectivity index (χ4n) is 1.70. The van der Waals surface area contributed by atoms with Crippen molar-refractivity contribution < 1.29 is 19.0 Å². The van der Waals surface area contributed by atoms with Crippen molar-refractivity contribution in [2.45, 2.75) is 65.7 Å². The zero-order chi connectivity index (χ0) is 22.3. The van der Waals surface area contributed by atoms with Gasteiger partial charge >= 0.3 is 6.09 Å². The van der Waals surface area contributed by atoms with Gasteiger partial charge in [-0.05, 0) is 20.8 Å². The molecule has 0 aliphatic heterocycles. The second-order valence-electron chi connectivity index (χ2n) is 10.2. The van der Waals surface area contributed by atoms with E-state index in [1.807, 2.05) is 26.8 Å². The van der Waals surface area contributed by atoms with E-state index >= 15 is 0 Å². The predicted molar refractivity (Wildman–Crippen MR) is 120 cm³/mol. The summed E-state index contributed by atoms with van der Waals surface area (Å²) in [4.78, 5) is 11.7. The van der Waals surface area contributed by atoms with Crippen LogP contribution in [0, 0.1) is 0 Å². The molecule has 0 saturated carbocycles. The maximum Gasteiger partial charge on any atom is 0.435 e. The van der Waals surface area contributed by atoms with Gasteiger partial charge in [0.15, 0.2) is 0 Å². The minimum Gasteiger partial charge on any atom is -0.482 e. The van der Waals surface area contributed by atoms with Crippen LogP contribution in [0.25, 0.3) is 0 Å². The minimum atomic E-state index is -1.28. The van der Waals surface area contributed by atoms with Crippen molar-refractivity contribution in [3.63, 3.8) is 0 Å². The van der Waals surface area contributed by atoms with Crippen molar-refractivity contribution in [1.29, 1.82) is 0 Å². The second kappa shape index (κ2) is 10.1. The Bertz CT molecular complexity index is 742. The number of hydrogen-bond acceptors (Lipinski definition) is 6. The van der Waals surface area contributed by atoms with Gasteiger partial charge in [0.2, 0.25) is 11.8 Å². The smallest absolute Gasteiger partial charge is 0.435 e. The van der Waals surface area contributed by atoms with Crippen molar-refractivity contribution in [3.05, 3.63) is 24.5 Å². The second-order valence-corrected chi connectivity index (χ2v) is 21.0. The monoisotopic (exact) mass is 440 g/mol. The van der Waals surface area contributed by atoms with E-state index in [0.717, 1.165) is 16.8 Å². The first-order valence-corrected chi connectivity index (χ1v) is 17.1. The summed E-state index contributed by atoms with van der Waals surface area (Å²) in [6, 6.07) is 3.50. The highest BCUT2D eigenvalue weighted by Crippen LogP contribution is 2.12. The molecule has 0 amide bonds. The van der Waals surface area contributed by atoms with Crippen molar-refractivity contribution in [2.24, 2.45) is 0 Å². The normalized spacial score (nSPS) is 12.0. The fraction of sp³-hybridized carbons (Fsp3) is 0.632. The summed E-state index contributed by atoms with van der Waals surface area (Å²) in [6.07, 6.45) is 4.27. The Hall–Kier alpha value is -2.08. The van der Waals surface area contributed by atoms with Crippen LogP contribution in [0.5, 0.6) is 11.8 Å². The molecule has 2 aromatic heterocycles. The third-order valence-corrected chi connectivity index (χ3v) is 4.95. The Kier molecular flexibility index (Phi) is 8.70. The van der Waals surface area contributed by atoms with Gasteiger partial charge in [0, 0.05) is 18.3 Å². The molecule has 164 valence electrons. The van der Waals surface area contributed by atoms with Crippen LogP contribution < -0.4 is 9.47 Å². The zero-order valence-electron chi connectivity index (χ0n) is 19.2. The Labute approximate surface area is 176 Å². The summed E-state index contributed by atoms with van der Waals surface area (Å²) >= 11 is 0. The van der Waals surface area contributed by atoms with Gasteiger partial charge in [0.25, 0.3) is 0 Å². The molecule has 2 rings (SSSR count). The summed E-state index contributed by atoms with van der Waals surface area (Å²) in [5.41, 5.74) is -0.525. The van der Waals surface area contributed by atoms with Crippen LogP contribution in [0.15, 0.2) is 24.5 Å². The maximum absolute atomic E-state index is 11.7. The summed E-state index contributed by atoms with van der Waals surface area (Å²) in [5, 5.41) is 10.6. The van der Waals surface area contributed by atoms with E-state index < -0.39 is 27.8 Å². The highest BCUT2D eigenvalue weighted by atomic mass is 28.3. The van der Waals surface area contributed by atoms with E-state index in [1.54, 1.807) is 18.5 Å². The van der Waals surface area contributed by atoms with Crippen molar-refractivity contribution in [2.75, 3.05) is 12.5 Å². The van der Waals surface area contributed by atoms with Crippen LogP contribution >= 0.6 is 0 Å². The van der Waals surface area contributed by atoms with Crippen molar-refractivity contribution >= 4 is 22.2 Å². The standard InChI is InChI=1S/C12H22N2O3Si.C7H14N2OSi/c1-12(2,3)17-11(15)14-8-7-10(13-14)16-9-18(4,5)6;1-11(2,3)6-10-7-4-5-8-9-7/h7-8H,9H2,1-6H3;4-5H,6H2,1-3H3,(H,8,9). The molecule has 0 unspecified atom stereocenters. The molecule has 0 atom stereocenters. The first-order chi connectivity index (χ1) is 13.1. The highest BCUT2D eigenvalue weighted by Gasteiger charge is 2.20. The molecule has 29 heavy (non-hydrogen) atoms. The Morgan fingerprint density at radius 2 is 1.62 bits per heavy atom. The predicted octanol–water partition coefficient (Wildman–Crippen LogP) is 4.59. The van der Waals surface area contributed by atoms with E-state index in [4.69, 9.17) is 14.2 Å². The van der Waals surface area contributed by atoms with Crippen LogP contribution in [0.3, 0.4) is 0 Å². The number of nitrogens with zero attached hydrogens (tertiary/aromatic N) is 3. The molecular weight excluding hydrogens is 404 g/mol. The van der Waals surface area contributed by atoms with Gasteiger partial charge in [0.05, 0.1) is 34.8 Å². The third kappa shape index (κ3) is 12.2. The molecule has 0 spiro atoms. The van der Waals surface area contributed by atoms with E-state index in [0.29, 0.717) is 12.1 Å². The number of aromatic amines is 1. The van der Waals surface area contributed by atoms with Gasteiger partial charge in [-0.3, -0.25) is 0 Å². The lowest BCUT2D eigenvalue weighted by atomic mass is 10.2. The molecule has 0 saturated heterocycles. The Morgan fingerprint density at radius 3 is 2.10 bits per heavy atom. The van der Waals surface area contributed by atoms with Crippen LogP contribution in [0.1, 0.15) is 20.8 Å². The van der Waals surface area contributed by atoms with Gasteiger partial charge in [-0.2, -0.15) is 9.78 Å². The van der Waals surface area contributed by atoms with Crippen LogP contribution in [0.2, 0.25) is 39.3 Å². The Morgan fingerprint density at radius 1 is 1.03 bits per heavy atom. The number of carbonyl (C=O) groups excluding carboxylic acids is 1. The Balaban J connectivity index is 0.000000326. The molecule has 0 fully saturated rings. The van der Waals surface area contributed by atoms with E-state index in [2.05, 4.69) is 54.6 Å². The van der Waals surface area contributed by atoms with E-state index in [-0.39, 0.29) is 0 Å². The molecular formula is C19H36N4O4Si2. The molecule has 10 heteroatoms. The number of ether oxygens (including phenoxy) is 3. The summed E-state index contributed by atoms with van der Waals surface area (Å²) < 4.78 is 17.4. The number of carbonyl (C=O) groups is 1. The van der Waals surface area contributed by atoms with E-state index in [9.17, 15) is 4.79 Å². The van der Waals surface area contributed by atoms with Gasteiger partial charge in [-0.15, -0.1) is 5.10 Å². The molecule has 0 bridgehead atoms. The SMILES string of the molecule is CC(C)(C)OC(=O)n1ccc(OC[Si](C)(C)C)n1.C[Si](C)(C)COc1ccn[nH]1. The number of hydrogen-bond donors (Lipinski definition) is 1. The topological polar surface area (TPSA) is 91.3 Å². The first-order valence-electron chi connectivity index (χ1n) is 9.69. The first kappa shape index (κ1) is 25.0. The largest absolute Gasteiger partial charge is 0.482 e. The molecule has 0 aliphatic carbocycles. The molecule has 1 N–H and O–H groups in total. The zero-order valence-corrected chi connectivity index (χ0v) is 21.2. The number of nitrogens with one attached hydrogen (secondary N) is 1. The molecule has 0 aliphatic rings. The average molecular weight is 441 g/mol. The summed E-state index contributed by atoms with van der Waals surface area (Å²) in [7, 11) is -2.37. The quantitative estimate of drug-likeness (QED) is 0.661. The van der Waals surface area contributed by atoms with Crippen molar-refractivity contribution in [1.82, 2.24) is 20.0 Å². The maximum atomic E-state index is 11.7. The lowest BCUT2D eigenvalue weighted by Crippen LogP contribution is -2.30. The van der Waals surface area contributed by atoms with Gasteiger partial charge in [0.1, 0.15) is 5.60 Å². The number of rotatable bonds is 6. The van der Waals surface area contributed by atoms with Crippen LogP contribution in [-0.2, 0) is 4.74 Å². The minimum absolute atomic E-state index is 0.461. The van der Waals surface area contributed by atoms with Crippen LogP contribution in [0.4, 0.5) is 4.79 Å². The summed E-state index contributed by atoms with van der Waals surface area (Å²) in [6.45, 7) is 18.9. The molecule has 2 heterocycles. The van der Waals surface area contributed by atoms with Gasteiger partial charge in [-0.25, -0.2) is 9.89 Å². The van der Waals surface area contributed by atoms with Crippen LogP contribution in [-0.4, -0.2) is 60.3 Å². The molecule has 0 aromatic carbocycles. The van der Waals surface area contributed by atoms with Crippen molar-refractivity contribution in [3.8, 4) is 11.8 Å². The van der Waals surface area contributed by atoms with Gasteiger partial charge in [-0.1, -0.05) is 39.3 Å².